The zero-order valence-corrected chi connectivity index (χ0v) is 9.53. The lowest BCUT2D eigenvalue weighted by Gasteiger charge is -2.27. The van der Waals surface area contributed by atoms with Crippen LogP contribution in [-0.4, -0.2) is 33.9 Å². The zero-order chi connectivity index (χ0) is 11.8. The Hall–Kier alpha value is -1.56. The molecule has 0 spiro atoms. The van der Waals surface area contributed by atoms with E-state index < -0.39 is 15.9 Å². The summed E-state index contributed by atoms with van der Waals surface area (Å²) in [5.74, 6) is -0.0703. The van der Waals surface area contributed by atoms with Crippen LogP contribution in [0.4, 0.5) is 10.5 Å². The molecule has 1 aliphatic heterocycles. The Bertz CT molecular complexity index is 523. The molecule has 1 aromatic carbocycles. The van der Waals surface area contributed by atoms with Crippen molar-refractivity contribution < 1.29 is 17.9 Å². The Morgan fingerprint density at radius 3 is 2.75 bits per heavy atom. The van der Waals surface area contributed by atoms with E-state index in [9.17, 15) is 13.2 Å². The summed E-state index contributed by atoms with van der Waals surface area (Å²) in [7, 11) is -1.99. The second kappa shape index (κ2) is 3.79. The van der Waals surface area contributed by atoms with E-state index in [1.54, 1.807) is 18.2 Å². The van der Waals surface area contributed by atoms with Crippen LogP contribution < -0.4 is 4.90 Å². The van der Waals surface area contributed by atoms with Crippen LogP contribution in [0.2, 0.25) is 0 Å². The number of carbonyl (C=O) groups is 1. The third-order valence-electron chi connectivity index (χ3n) is 2.47. The molecule has 0 aromatic heterocycles. The molecule has 0 unspecified atom stereocenters. The number of hydrogen-bond donors (Lipinski definition) is 0. The predicted octanol–water partition coefficient (Wildman–Crippen LogP) is 1.05. The van der Waals surface area contributed by atoms with Crippen LogP contribution in [0.1, 0.15) is 0 Å². The van der Waals surface area contributed by atoms with Gasteiger partial charge in [-0.25, -0.2) is 13.2 Å². The number of para-hydroxylation sites is 1. The minimum atomic E-state index is -3.27. The molecule has 16 heavy (non-hydrogen) atoms. The van der Waals surface area contributed by atoms with Crippen molar-refractivity contribution >= 4 is 21.6 Å². The van der Waals surface area contributed by atoms with Crippen molar-refractivity contribution in [2.45, 2.75) is 4.90 Å². The lowest BCUT2D eigenvalue weighted by atomic mass is 10.3. The summed E-state index contributed by atoms with van der Waals surface area (Å²) in [5, 5.41) is 0. The third-order valence-corrected chi connectivity index (χ3v) is 4.21. The largest absolute Gasteiger partial charge is 0.452 e. The van der Waals surface area contributed by atoms with Crippen LogP contribution in [0, 0.1) is 0 Å². The molecule has 1 aliphatic rings. The molecule has 2 rings (SSSR count). The van der Waals surface area contributed by atoms with E-state index in [0.29, 0.717) is 5.69 Å². The average molecular weight is 241 g/mol. The molecule has 1 aromatic rings. The van der Waals surface area contributed by atoms with Crippen molar-refractivity contribution in [2.75, 3.05) is 24.3 Å². The Morgan fingerprint density at radius 2 is 2.06 bits per heavy atom. The van der Waals surface area contributed by atoms with Crippen LogP contribution in [0.15, 0.2) is 29.2 Å². The molecule has 0 saturated carbocycles. The van der Waals surface area contributed by atoms with Gasteiger partial charge in [-0.1, -0.05) is 12.1 Å². The molecule has 0 atom stereocenters. The van der Waals surface area contributed by atoms with Crippen LogP contribution in [0.25, 0.3) is 0 Å². The topological polar surface area (TPSA) is 63.7 Å². The summed E-state index contributed by atoms with van der Waals surface area (Å²) in [6.07, 6.45) is -0.539. The first kappa shape index (κ1) is 10.9. The Kier molecular flexibility index (Phi) is 2.59. The highest BCUT2D eigenvalue weighted by Gasteiger charge is 2.31. The van der Waals surface area contributed by atoms with Crippen molar-refractivity contribution in [3.63, 3.8) is 0 Å². The van der Waals surface area contributed by atoms with E-state index in [4.69, 9.17) is 0 Å². The van der Waals surface area contributed by atoms with Crippen molar-refractivity contribution in [3.05, 3.63) is 24.3 Å². The molecule has 0 radical (unpaired) electrons. The van der Waals surface area contributed by atoms with E-state index >= 15 is 0 Å². The average Bonchev–Trinajstić information content (AvgIpc) is 2.28. The number of nitrogens with zero attached hydrogens (tertiary/aromatic N) is 1. The van der Waals surface area contributed by atoms with Gasteiger partial charge < -0.3 is 4.74 Å². The molecular weight excluding hydrogens is 230 g/mol. The fourth-order valence-electron chi connectivity index (χ4n) is 1.68. The predicted molar refractivity (Wildman–Crippen MR) is 58.2 cm³/mol. The fraction of sp³-hybridized carbons (Fsp3) is 0.300. The number of amides is 1. The van der Waals surface area contributed by atoms with Crippen LogP contribution >= 0.6 is 0 Å². The molecule has 0 aliphatic carbocycles. The normalized spacial score (nSPS) is 17.7. The van der Waals surface area contributed by atoms with Crippen molar-refractivity contribution in [3.8, 4) is 0 Å². The highest BCUT2D eigenvalue weighted by atomic mass is 32.2. The van der Waals surface area contributed by atoms with Gasteiger partial charge in [-0.3, -0.25) is 4.90 Å². The minimum absolute atomic E-state index is 0.0703. The maximum atomic E-state index is 11.8. The molecule has 86 valence electrons. The Labute approximate surface area is 93.5 Å². The van der Waals surface area contributed by atoms with Gasteiger partial charge in [0.25, 0.3) is 0 Å². The lowest BCUT2D eigenvalue weighted by molar-refractivity contribution is 0.179. The van der Waals surface area contributed by atoms with Gasteiger partial charge in [0.2, 0.25) is 0 Å². The molecule has 0 bridgehead atoms. The lowest BCUT2D eigenvalue weighted by Crippen LogP contribution is -2.39. The summed E-state index contributed by atoms with van der Waals surface area (Å²) in [4.78, 5) is 13.0. The standard InChI is InChI=1S/C10H11NO4S/c1-15-10(12)11-6-7-16(13,14)9-5-3-2-4-8(9)11/h2-5H,6-7H2,1H3. The van der Waals surface area contributed by atoms with Gasteiger partial charge in [0.1, 0.15) is 0 Å². The number of anilines is 1. The Morgan fingerprint density at radius 1 is 1.38 bits per heavy atom. The van der Waals surface area contributed by atoms with Gasteiger partial charge in [0.15, 0.2) is 9.84 Å². The van der Waals surface area contributed by atoms with Crippen molar-refractivity contribution in [2.24, 2.45) is 0 Å². The van der Waals surface area contributed by atoms with Gasteiger partial charge in [-0.05, 0) is 12.1 Å². The summed E-state index contributed by atoms with van der Waals surface area (Å²) >= 11 is 0. The molecule has 0 N–H and O–H groups in total. The second-order valence-corrected chi connectivity index (χ2v) is 5.49. The van der Waals surface area contributed by atoms with Gasteiger partial charge in [0, 0.05) is 6.54 Å². The first-order valence-electron chi connectivity index (χ1n) is 4.73. The summed E-state index contributed by atoms with van der Waals surface area (Å²) in [6, 6.07) is 6.43. The van der Waals surface area contributed by atoms with E-state index in [2.05, 4.69) is 4.74 Å². The number of fused-ring (bicyclic) bond motifs is 1. The van der Waals surface area contributed by atoms with Crippen LogP contribution in [0.5, 0.6) is 0 Å². The number of sulfone groups is 1. The Balaban J connectivity index is 2.56. The molecule has 1 amide bonds. The maximum absolute atomic E-state index is 11.8. The van der Waals surface area contributed by atoms with Gasteiger partial charge in [-0.2, -0.15) is 0 Å². The number of carbonyl (C=O) groups excluding carboxylic acids is 1. The maximum Gasteiger partial charge on any atom is 0.414 e. The highest BCUT2D eigenvalue weighted by Crippen LogP contribution is 2.30. The summed E-state index contributed by atoms with van der Waals surface area (Å²) < 4.78 is 28.1. The number of methoxy groups -OCH3 is 1. The summed E-state index contributed by atoms with van der Waals surface area (Å²) in [5.41, 5.74) is 0.389. The second-order valence-electron chi connectivity index (χ2n) is 3.41. The number of hydrogen-bond acceptors (Lipinski definition) is 4. The van der Waals surface area contributed by atoms with Crippen molar-refractivity contribution in [1.29, 1.82) is 0 Å². The van der Waals surface area contributed by atoms with Crippen molar-refractivity contribution in [1.82, 2.24) is 0 Å². The zero-order valence-electron chi connectivity index (χ0n) is 8.71. The summed E-state index contributed by atoms with van der Waals surface area (Å²) in [6.45, 7) is 0.131. The molecule has 1 heterocycles. The van der Waals surface area contributed by atoms with E-state index in [-0.39, 0.29) is 17.2 Å². The van der Waals surface area contributed by atoms with E-state index in [1.165, 1.54) is 18.1 Å². The number of ether oxygens (including phenoxy) is 1. The highest BCUT2D eigenvalue weighted by molar-refractivity contribution is 7.91. The number of benzene rings is 1. The minimum Gasteiger partial charge on any atom is -0.452 e. The van der Waals surface area contributed by atoms with Crippen LogP contribution in [0.3, 0.4) is 0 Å². The van der Waals surface area contributed by atoms with E-state index in [1.807, 2.05) is 0 Å². The smallest absolute Gasteiger partial charge is 0.414 e. The quantitative estimate of drug-likeness (QED) is 0.681. The van der Waals surface area contributed by atoms with Gasteiger partial charge in [-0.15, -0.1) is 0 Å². The SMILES string of the molecule is COC(=O)N1CCS(=O)(=O)c2ccccc21. The van der Waals surface area contributed by atoms with Gasteiger partial charge in [0.05, 0.1) is 23.4 Å². The third kappa shape index (κ3) is 1.65. The molecule has 0 fully saturated rings. The number of rotatable bonds is 0. The molecule has 5 nitrogen and oxygen atoms in total. The molecule has 0 saturated heterocycles. The molecular formula is C10H11NO4S. The van der Waals surface area contributed by atoms with Crippen LogP contribution in [-0.2, 0) is 14.6 Å². The molecule has 6 heteroatoms. The first-order chi connectivity index (χ1) is 7.56. The first-order valence-corrected chi connectivity index (χ1v) is 6.39. The monoisotopic (exact) mass is 241 g/mol. The van der Waals surface area contributed by atoms with Gasteiger partial charge >= 0.3 is 6.09 Å². The fourth-order valence-corrected chi connectivity index (χ4v) is 3.11. The van der Waals surface area contributed by atoms with E-state index in [0.717, 1.165) is 0 Å².